The predicted molar refractivity (Wildman–Crippen MR) is 141 cm³/mol. The highest BCUT2D eigenvalue weighted by Gasteiger charge is 2.25. The van der Waals surface area contributed by atoms with Gasteiger partial charge in [0.05, 0.1) is 6.54 Å². The van der Waals surface area contributed by atoms with Gasteiger partial charge in [-0.25, -0.2) is 4.79 Å². The molecule has 8 nitrogen and oxygen atoms in total. The number of benzene rings is 1. The highest BCUT2D eigenvalue weighted by Crippen LogP contribution is 2.32. The largest absolute Gasteiger partial charge is 0.328 e. The van der Waals surface area contributed by atoms with Crippen LogP contribution in [0.2, 0.25) is 0 Å². The fraction of sp³-hybridized carbons (Fsp3) is 0.464. The normalized spacial score (nSPS) is 18.3. The number of aromatic nitrogens is 7. The van der Waals surface area contributed by atoms with E-state index >= 15 is 0 Å². The first-order valence-electron chi connectivity index (χ1n) is 13.2. The molecule has 8 heteroatoms. The van der Waals surface area contributed by atoms with Gasteiger partial charge in [-0.15, -0.1) is 10.2 Å². The average molecular weight is 486 g/mol. The maximum Gasteiger partial charge on any atom is 0.328 e. The smallest absolute Gasteiger partial charge is 0.296 e. The van der Waals surface area contributed by atoms with E-state index in [1.54, 1.807) is 0 Å². The van der Waals surface area contributed by atoms with Crippen LogP contribution in [0.3, 0.4) is 0 Å². The molecule has 0 spiro atoms. The zero-order valence-corrected chi connectivity index (χ0v) is 21.2. The number of rotatable bonds is 8. The van der Waals surface area contributed by atoms with Crippen molar-refractivity contribution in [1.82, 2.24) is 34.7 Å². The van der Waals surface area contributed by atoms with Crippen molar-refractivity contribution in [2.45, 2.75) is 77.8 Å². The molecule has 1 N–H and O–H groups in total. The van der Waals surface area contributed by atoms with E-state index in [1.807, 2.05) is 35.2 Å². The van der Waals surface area contributed by atoms with Gasteiger partial charge in [-0.1, -0.05) is 63.8 Å². The second kappa shape index (κ2) is 11.0. The lowest BCUT2D eigenvalue weighted by atomic mass is 9.97. The SMILES string of the molecule is CCCCc1cn(C2CCCCCC2C)c(=O)n1Cc1cnccc1-c1ccc(-c2nn[nH]n2)cc1. The van der Waals surface area contributed by atoms with Crippen LogP contribution < -0.4 is 5.69 Å². The van der Waals surface area contributed by atoms with Gasteiger partial charge in [-0.2, -0.15) is 5.21 Å². The second-order valence-corrected chi connectivity index (χ2v) is 10.0. The van der Waals surface area contributed by atoms with E-state index in [2.05, 4.69) is 62.4 Å². The molecule has 0 aliphatic heterocycles. The summed E-state index contributed by atoms with van der Waals surface area (Å²) >= 11 is 0. The number of unbranched alkanes of at least 4 members (excludes halogenated alkanes) is 1. The Bertz CT molecular complexity index is 1320. The van der Waals surface area contributed by atoms with Gasteiger partial charge in [0.15, 0.2) is 0 Å². The summed E-state index contributed by atoms with van der Waals surface area (Å²) in [6, 6.07) is 10.4. The maximum atomic E-state index is 13.8. The van der Waals surface area contributed by atoms with Crippen molar-refractivity contribution in [3.8, 4) is 22.5 Å². The van der Waals surface area contributed by atoms with Gasteiger partial charge < -0.3 is 0 Å². The number of H-pyrrole nitrogens is 1. The summed E-state index contributed by atoms with van der Waals surface area (Å²) in [7, 11) is 0. The Morgan fingerprint density at radius 1 is 1.06 bits per heavy atom. The van der Waals surface area contributed by atoms with Crippen LogP contribution in [0.4, 0.5) is 0 Å². The summed E-state index contributed by atoms with van der Waals surface area (Å²) in [6.07, 6.45) is 14.9. The van der Waals surface area contributed by atoms with Crippen LogP contribution in [0.1, 0.15) is 76.1 Å². The first-order chi connectivity index (χ1) is 17.7. The van der Waals surface area contributed by atoms with E-state index in [-0.39, 0.29) is 11.7 Å². The van der Waals surface area contributed by atoms with E-state index in [9.17, 15) is 4.79 Å². The lowest BCUT2D eigenvalue weighted by molar-refractivity contribution is 0.324. The van der Waals surface area contributed by atoms with Gasteiger partial charge in [0.25, 0.3) is 0 Å². The van der Waals surface area contributed by atoms with Gasteiger partial charge in [-0.3, -0.25) is 14.1 Å². The van der Waals surface area contributed by atoms with E-state index < -0.39 is 0 Å². The molecule has 0 amide bonds. The van der Waals surface area contributed by atoms with Crippen LogP contribution >= 0.6 is 0 Å². The molecule has 1 aliphatic carbocycles. The van der Waals surface area contributed by atoms with Gasteiger partial charge in [-0.05, 0) is 59.6 Å². The number of hydrogen-bond acceptors (Lipinski definition) is 5. The van der Waals surface area contributed by atoms with Crippen LogP contribution in [0, 0.1) is 5.92 Å². The Kier molecular flexibility index (Phi) is 7.39. The van der Waals surface area contributed by atoms with Crippen molar-refractivity contribution in [2.24, 2.45) is 5.92 Å². The fourth-order valence-electron chi connectivity index (χ4n) is 5.49. The van der Waals surface area contributed by atoms with Crippen LogP contribution in [0.5, 0.6) is 0 Å². The third-order valence-electron chi connectivity index (χ3n) is 7.58. The molecular formula is C28H35N7O. The number of nitrogens with zero attached hydrogens (tertiary/aromatic N) is 6. The molecule has 188 valence electrons. The van der Waals surface area contributed by atoms with E-state index in [4.69, 9.17) is 0 Å². The predicted octanol–water partition coefficient (Wildman–Crippen LogP) is 5.42. The number of aryl methyl sites for hydroxylation is 1. The van der Waals surface area contributed by atoms with E-state index in [1.165, 1.54) is 25.7 Å². The molecule has 2 atom stereocenters. The quantitative estimate of drug-likeness (QED) is 0.336. The molecule has 0 saturated heterocycles. The van der Waals surface area contributed by atoms with Crippen molar-refractivity contribution in [1.29, 1.82) is 0 Å². The Morgan fingerprint density at radius 3 is 2.64 bits per heavy atom. The number of nitrogens with one attached hydrogen (secondary N) is 1. The zero-order valence-electron chi connectivity index (χ0n) is 21.2. The third kappa shape index (κ3) is 5.03. The first-order valence-corrected chi connectivity index (χ1v) is 13.2. The first kappa shape index (κ1) is 24.2. The maximum absolute atomic E-state index is 13.8. The average Bonchev–Trinajstić information content (AvgIpc) is 3.49. The summed E-state index contributed by atoms with van der Waals surface area (Å²) in [5, 5.41) is 14.3. The van der Waals surface area contributed by atoms with Crippen LogP contribution in [0.15, 0.2) is 53.7 Å². The monoisotopic (exact) mass is 485 g/mol. The standard InChI is InChI=1S/C28H35N7O/c1-3-4-9-24-19-35(26-10-7-5-6-8-20(26)2)28(36)34(24)18-23-17-29-16-15-25(23)21-11-13-22(14-12-21)27-30-32-33-31-27/h11-17,19-20,26H,3-10,18H2,1-2H3,(H,30,31,32,33). The third-order valence-corrected chi connectivity index (χ3v) is 7.58. The molecule has 1 saturated carbocycles. The molecule has 5 rings (SSSR count). The minimum Gasteiger partial charge on any atom is -0.296 e. The topological polar surface area (TPSA) is 94.3 Å². The van der Waals surface area contributed by atoms with Gasteiger partial charge in [0.2, 0.25) is 5.82 Å². The van der Waals surface area contributed by atoms with Crippen LogP contribution in [-0.4, -0.2) is 34.7 Å². The highest BCUT2D eigenvalue weighted by molar-refractivity contribution is 5.69. The molecule has 1 fully saturated rings. The minimum absolute atomic E-state index is 0.113. The Morgan fingerprint density at radius 2 is 1.86 bits per heavy atom. The van der Waals surface area contributed by atoms with Crippen molar-refractivity contribution < 1.29 is 0 Å². The Labute approximate surface area is 211 Å². The zero-order chi connectivity index (χ0) is 24.9. The number of hydrogen-bond donors (Lipinski definition) is 1. The lowest BCUT2D eigenvalue weighted by Gasteiger charge is -2.22. The number of pyridine rings is 1. The molecule has 1 aromatic carbocycles. The van der Waals surface area contributed by atoms with Crippen molar-refractivity contribution >= 4 is 0 Å². The van der Waals surface area contributed by atoms with Crippen molar-refractivity contribution in [3.05, 3.63) is 70.7 Å². The highest BCUT2D eigenvalue weighted by atomic mass is 16.1. The van der Waals surface area contributed by atoms with Gasteiger partial charge in [0, 0.05) is 35.9 Å². The fourth-order valence-corrected chi connectivity index (χ4v) is 5.49. The van der Waals surface area contributed by atoms with Crippen LogP contribution in [0.25, 0.3) is 22.5 Å². The van der Waals surface area contributed by atoms with Crippen molar-refractivity contribution in [2.75, 3.05) is 0 Å². The summed E-state index contributed by atoms with van der Waals surface area (Å²) in [5.41, 5.74) is 5.32. The number of aromatic amines is 1. The van der Waals surface area contributed by atoms with Gasteiger partial charge >= 0.3 is 5.69 Å². The molecular weight excluding hydrogens is 450 g/mol. The molecule has 3 aromatic heterocycles. The Hall–Kier alpha value is -3.55. The van der Waals surface area contributed by atoms with Crippen molar-refractivity contribution in [3.63, 3.8) is 0 Å². The summed E-state index contributed by atoms with van der Waals surface area (Å²) in [4.78, 5) is 18.2. The van der Waals surface area contributed by atoms with Gasteiger partial charge in [0.1, 0.15) is 0 Å². The minimum atomic E-state index is 0.113. The van der Waals surface area contributed by atoms with E-state index in [0.717, 1.165) is 53.6 Å². The number of tetrazole rings is 1. The molecule has 3 heterocycles. The summed E-state index contributed by atoms with van der Waals surface area (Å²) in [5.74, 6) is 1.09. The molecule has 4 aromatic rings. The summed E-state index contributed by atoms with van der Waals surface area (Å²) < 4.78 is 4.04. The van der Waals surface area contributed by atoms with Crippen LogP contribution in [-0.2, 0) is 13.0 Å². The molecule has 2 unspecified atom stereocenters. The lowest BCUT2D eigenvalue weighted by Crippen LogP contribution is -2.30. The summed E-state index contributed by atoms with van der Waals surface area (Å²) in [6.45, 7) is 5.02. The Balaban J connectivity index is 1.49. The number of imidazole rings is 1. The molecule has 36 heavy (non-hydrogen) atoms. The van der Waals surface area contributed by atoms with E-state index in [0.29, 0.717) is 18.3 Å². The second-order valence-electron chi connectivity index (χ2n) is 10.0. The molecule has 0 radical (unpaired) electrons. The molecule has 1 aliphatic rings. The molecule has 0 bridgehead atoms.